The Morgan fingerprint density at radius 1 is 1.18 bits per heavy atom. The van der Waals surface area contributed by atoms with Gasteiger partial charge in [0.05, 0.1) is 10.6 Å². The zero-order valence-electron chi connectivity index (χ0n) is 18.5. The van der Waals surface area contributed by atoms with Gasteiger partial charge in [0, 0.05) is 47.7 Å². The minimum atomic E-state index is 0.0355. The normalized spacial score (nSPS) is 11.2. The molecule has 0 aliphatic rings. The first-order valence-electron chi connectivity index (χ1n) is 10.9. The number of carbonyl (C=O) groups is 1. The highest BCUT2D eigenvalue weighted by molar-refractivity contribution is 7.20. The zero-order valence-corrected chi connectivity index (χ0v) is 20.1. The highest BCUT2D eigenvalue weighted by Crippen LogP contribution is 2.28. The molecule has 2 aromatic carbocycles. The van der Waals surface area contributed by atoms with Crippen LogP contribution in [0, 0.1) is 0 Å². The number of nitrogens with zero attached hydrogens (tertiary/aromatic N) is 4. The molecule has 2 radical (unpaired) electrons. The van der Waals surface area contributed by atoms with Crippen molar-refractivity contribution < 1.29 is 4.79 Å². The Hall–Kier alpha value is -3.36. The molecule has 34 heavy (non-hydrogen) atoms. The van der Waals surface area contributed by atoms with Crippen LogP contribution in [0.1, 0.15) is 16.1 Å². The van der Waals surface area contributed by atoms with Gasteiger partial charge in [-0.1, -0.05) is 48.0 Å². The number of fused-ring (bicyclic) bond motifs is 2. The number of aromatic nitrogens is 3. The van der Waals surface area contributed by atoms with Gasteiger partial charge >= 0.3 is 0 Å². The minimum Gasteiger partial charge on any atom is -0.370 e. The molecular weight excluding hydrogens is 465 g/mol. The number of anilines is 1. The zero-order chi connectivity index (χ0) is 23.7. The number of thiophene rings is 1. The summed E-state index contributed by atoms with van der Waals surface area (Å²) in [5.74, 6) is 0.795. The van der Waals surface area contributed by atoms with Crippen LogP contribution in [-0.4, -0.2) is 53.4 Å². The Balaban J connectivity index is 1.27. The predicted molar refractivity (Wildman–Crippen MR) is 141 cm³/mol. The summed E-state index contributed by atoms with van der Waals surface area (Å²) in [6.45, 7) is 1.26. The van der Waals surface area contributed by atoms with E-state index in [-0.39, 0.29) is 5.91 Å². The topological polar surface area (TPSA) is 62.5 Å². The van der Waals surface area contributed by atoms with Crippen LogP contribution in [0.4, 0.5) is 5.82 Å². The van der Waals surface area contributed by atoms with Gasteiger partial charge in [-0.2, -0.15) is 9.61 Å². The van der Waals surface area contributed by atoms with Gasteiger partial charge in [0.15, 0.2) is 5.65 Å². The molecule has 168 valence electrons. The molecule has 0 spiro atoms. The van der Waals surface area contributed by atoms with Gasteiger partial charge in [0.2, 0.25) is 0 Å². The fourth-order valence-electron chi connectivity index (χ4n) is 3.82. The molecule has 9 heteroatoms. The van der Waals surface area contributed by atoms with Crippen LogP contribution in [-0.2, 0) is 0 Å². The van der Waals surface area contributed by atoms with Crippen LogP contribution in [0.3, 0.4) is 0 Å². The number of carbonyl (C=O) groups excluding carboxylic acids is 1. The fraction of sp³-hybridized carbons (Fsp3) is 0.160. The summed E-state index contributed by atoms with van der Waals surface area (Å²) < 4.78 is 2.80. The highest BCUT2D eigenvalue weighted by atomic mass is 35.5. The first-order chi connectivity index (χ1) is 16.5. The number of nitrogens with one attached hydrogen (secondary N) is 1. The maximum Gasteiger partial charge on any atom is 0.263 e. The Morgan fingerprint density at radius 2 is 1.97 bits per heavy atom. The molecule has 0 aliphatic heterocycles. The second-order valence-electron chi connectivity index (χ2n) is 8.00. The Morgan fingerprint density at radius 3 is 2.79 bits per heavy atom. The maximum atomic E-state index is 12.9. The molecule has 0 atom stereocenters. The number of rotatable bonds is 7. The van der Waals surface area contributed by atoms with E-state index in [1.807, 2.05) is 67.7 Å². The van der Waals surface area contributed by atoms with E-state index in [1.165, 1.54) is 11.3 Å². The molecule has 0 fully saturated rings. The first kappa shape index (κ1) is 22.4. The van der Waals surface area contributed by atoms with Crippen molar-refractivity contribution in [3.63, 3.8) is 0 Å². The van der Waals surface area contributed by atoms with Gasteiger partial charge in [-0.25, -0.2) is 4.98 Å². The molecule has 1 amide bonds. The molecule has 6 nitrogen and oxygen atoms in total. The van der Waals surface area contributed by atoms with E-state index in [4.69, 9.17) is 19.4 Å². The van der Waals surface area contributed by atoms with Gasteiger partial charge in [0.25, 0.3) is 5.91 Å². The van der Waals surface area contributed by atoms with Gasteiger partial charge < -0.3 is 10.2 Å². The average molecular weight is 486 g/mol. The summed E-state index contributed by atoms with van der Waals surface area (Å²) in [7, 11) is 7.93. The molecule has 0 saturated carbocycles. The molecule has 0 aliphatic carbocycles. The van der Waals surface area contributed by atoms with E-state index >= 15 is 0 Å². The van der Waals surface area contributed by atoms with Crippen molar-refractivity contribution in [2.24, 2.45) is 0 Å². The lowest BCUT2D eigenvalue weighted by Crippen LogP contribution is -2.28. The predicted octanol–water partition coefficient (Wildman–Crippen LogP) is 4.63. The number of hydrogen-bond donors (Lipinski definition) is 1. The van der Waals surface area contributed by atoms with E-state index in [1.54, 1.807) is 15.6 Å². The van der Waals surface area contributed by atoms with Crippen molar-refractivity contribution >= 4 is 63.7 Å². The molecule has 3 heterocycles. The second-order valence-corrected chi connectivity index (χ2v) is 9.49. The van der Waals surface area contributed by atoms with E-state index in [2.05, 4.69) is 15.4 Å². The third-order valence-corrected chi connectivity index (χ3v) is 7.04. The van der Waals surface area contributed by atoms with Crippen LogP contribution in [0.15, 0.2) is 66.9 Å². The smallest absolute Gasteiger partial charge is 0.263 e. The van der Waals surface area contributed by atoms with Crippen molar-refractivity contribution in [3.8, 4) is 11.3 Å². The number of hydrogen-bond acceptors (Lipinski definition) is 5. The van der Waals surface area contributed by atoms with Gasteiger partial charge in [-0.3, -0.25) is 4.79 Å². The maximum absolute atomic E-state index is 12.9. The van der Waals surface area contributed by atoms with Crippen LogP contribution >= 0.6 is 22.9 Å². The largest absolute Gasteiger partial charge is 0.370 e. The lowest BCUT2D eigenvalue weighted by atomic mass is 10.0. The van der Waals surface area contributed by atoms with Crippen LogP contribution in [0.5, 0.6) is 0 Å². The summed E-state index contributed by atoms with van der Waals surface area (Å²) in [5.41, 5.74) is 2.59. The molecular formula is C25H21BClN5OS. The lowest BCUT2D eigenvalue weighted by molar-refractivity contribution is 0.0799. The standard InChI is InChI=1S/C25H21BClN5OS/c1-31(25(33)22-13-16-7-2-5-10-21(16)34-22)12-6-11-28-23-14-20(17-8-3-4-9-19(17)27)30-24-18(26)15-29-32(23)24/h2-5,7-10,13-15,28H,6,11-12H2,1H3. The van der Waals surface area contributed by atoms with Crippen molar-refractivity contribution in [2.75, 3.05) is 25.5 Å². The molecule has 1 N–H and O–H groups in total. The molecule has 5 aromatic rings. The first-order valence-corrected chi connectivity index (χ1v) is 12.1. The van der Waals surface area contributed by atoms with Crippen molar-refractivity contribution in [2.45, 2.75) is 6.42 Å². The number of amides is 1. The quantitative estimate of drug-likeness (QED) is 0.270. The van der Waals surface area contributed by atoms with Crippen LogP contribution in [0.25, 0.3) is 27.0 Å². The van der Waals surface area contributed by atoms with E-state index in [9.17, 15) is 4.79 Å². The fourth-order valence-corrected chi connectivity index (χ4v) is 5.11. The van der Waals surface area contributed by atoms with Crippen molar-refractivity contribution in [1.29, 1.82) is 0 Å². The van der Waals surface area contributed by atoms with Gasteiger partial charge in [0.1, 0.15) is 13.7 Å². The molecule has 0 unspecified atom stereocenters. The Labute approximate surface area is 207 Å². The second kappa shape index (κ2) is 9.48. The highest BCUT2D eigenvalue weighted by Gasteiger charge is 2.15. The van der Waals surface area contributed by atoms with Gasteiger partial charge in [-0.15, -0.1) is 11.3 Å². The minimum absolute atomic E-state index is 0.0355. The summed E-state index contributed by atoms with van der Waals surface area (Å²) in [4.78, 5) is 20.0. The Bertz CT molecular complexity index is 1460. The summed E-state index contributed by atoms with van der Waals surface area (Å²) in [6, 6.07) is 19.5. The molecule has 3 aromatic heterocycles. The molecule has 0 bridgehead atoms. The van der Waals surface area contributed by atoms with Crippen molar-refractivity contribution in [3.05, 3.63) is 76.8 Å². The van der Waals surface area contributed by atoms with Crippen LogP contribution < -0.4 is 10.8 Å². The molecule has 0 saturated heterocycles. The summed E-state index contributed by atoms with van der Waals surface area (Å²) in [5, 5.41) is 9.47. The van der Waals surface area contributed by atoms with Gasteiger partial charge in [-0.05, 0) is 35.5 Å². The molecule has 5 rings (SSSR count). The summed E-state index contributed by atoms with van der Waals surface area (Å²) >= 11 is 7.92. The SMILES string of the molecule is [B]c1cnn2c(NCCCN(C)C(=O)c3cc4ccccc4s3)cc(-c3ccccc3Cl)nc12. The third-order valence-electron chi connectivity index (χ3n) is 5.61. The lowest BCUT2D eigenvalue weighted by Gasteiger charge is -2.17. The van der Waals surface area contributed by atoms with Crippen LogP contribution in [0.2, 0.25) is 5.02 Å². The number of benzene rings is 2. The number of halogens is 1. The van der Waals surface area contributed by atoms with E-state index in [0.717, 1.165) is 32.8 Å². The van der Waals surface area contributed by atoms with Crippen molar-refractivity contribution in [1.82, 2.24) is 19.5 Å². The Kier molecular flexibility index (Phi) is 6.26. The van der Waals surface area contributed by atoms with E-state index in [0.29, 0.717) is 34.9 Å². The monoisotopic (exact) mass is 485 g/mol. The van der Waals surface area contributed by atoms with E-state index < -0.39 is 0 Å². The third kappa shape index (κ3) is 4.39. The summed E-state index contributed by atoms with van der Waals surface area (Å²) in [6.07, 6.45) is 2.34. The average Bonchev–Trinajstić information content (AvgIpc) is 3.45.